The summed E-state index contributed by atoms with van der Waals surface area (Å²) in [5.41, 5.74) is -0.927. The van der Waals surface area contributed by atoms with Crippen molar-refractivity contribution < 1.29 is 36.3 Å². The highest BCUT2D eigenvalue weighted by atomic mass is 19.4. The van der Waals surface area contributed by atoms with E-state index >= 15 is 0 Å². The fraction of sp³-hybridized carbons (Fsp3) is 0.846. The molecule has 0 spiro atoms. The van der Waals surface area contributed by atoms with Crippen LogP contribution in [0.15, 0.2) is 0 Å². The Morgan fingerprint density at radius 2 is 1.83 bits per heavy atom. The summed E-state index contributed by atoms with van der Waals surface area (Å²) in [6, 6.07) is -1.71. The molecule has 1 heterocycles. The lowest BCUT2D eigenvalue weighted by atomic mass is 9.98. The molecule has 0 bridgehead atoms. The van der Waals surface area contributed by atoms with Crippen molar-refractivity contribution in [3.63, 3.8) is 0 Å². The normalized spacial score (nSPS) is 21.7. The fourth-order valence-corrected chi connectivity index (χ4v) is 2.01. The highest BCUT2D eigenvalue weighted by molar-refractivity contribution is 5.86. The summed E-state index contributed by atoms with van der Waals surface area (Å²) < 4.78 is 68.4. The molecule has 2 amide bonds. The Labute approximate surface area is 130 Å². The van der Waals surface area contributed by atoms with Crippen LogP contribution in [0.4, 0.5) is 26.7 Å². The number of hydrogen-bond donors (Lipinski definition) is 1. The lowest BCUT2D eigenvalue weighted by molar-refractivity contribution is -0.147. The molecule has 0 aromatic heterocycles. The lowest BCUT2D eigenvalue weighted by Crippen LogP contribution is -2.57. The van der Waals surface area contributed by atoms with Crippen LogP contribution in [-0.2, 0) is 9.53 Å². The van der Waals surface area contributed by atoms with E-state index in [1.54, 1.807) is 20.8 Å². The van der Waals surface area contributed by atoms with Gasteiger partial charge in [0.1, 0.15) is 18.2 Å². The molecule has 5 nitrogen and oxygen atoms in total. The molecule has 0 aromatic carbocycles. The first-order valence-corrected chi connectivity index (χ1v) is 6.92. The quantitative estimate of drug-likeness (QED) is 0.782. The van der Waals surface area contributed by atoms with Crippen LogP contribution >= 0.6 is 0 Å². The van der Waals surface area contributed by atoms with E-state index in [4.69, 9.17) is 4.74 Å². The number of nitrogens with zero attached hydrogens (tertiary/aromatic N) is 1. The Kier molecular flexibility index (Phi) is 5.48. The summed E-state index contributed by atoms with van der Waals surface area (Å²) >= 11 is 0. The zero-order chi connectivity index (χ0) is 18.1. The highest BCUT2D eigenvalue weighted by Crippen LogP contribution is 2.33. The first kappa shape index (κ1) is 19.4. The number of piperidine rings is 1. The van der Waals surface area contributed by atoms with Gasteiger partial charge in [-0.3, -0.25) is 9.69 Å². The third-order valence-electron chi connectivity index (χ3n) is 2.98. The number of ether oxygens (including phenoxy) is 1. The average molecular weight is 346 g/mol. The van der Waals surface area contributed by atoms with Crippen molar-refractivity contribution in [2.75, 3.05) is 13.1 Å². The minimum absolute atomic E-state index is 0.480. The smallest absolute Gasteiger partial charge is 0.410 e. The monoisotopic (exact) mass is 346 g/mol. The minimum Gasteiger partial charge on any atom is -0.444 e. The molecule has 1 unspecified atom stereocenters. The van der Waals surface area contributed by atoms with Crippen LogP contribution in [0.25, 0.3) is 0 Å². The number of carbonyl (C=O) groups is 2. The number of halogens is 5. The molecule has 1 aliphatic rings. The van der Waals surface area contributed by atoms with Gasteiger partial charge in [0.2, 0.25) is 5.91 Å². The largest absolute Gasteiger partial charge is 0.444 e. The van der Waals surface area contributed by atoms with E-state index in [1.165, 1.54) is 5.32 Å². The maximum absolute atomic E-state index is 13.5. The molecular formula is C13H19F5N2O3. The van der Waals surface area contributed by atoms with Gasteiger partial charge in [0, 0.05) is 19.4 Å². The molecule has 1 saturated heterocycles. The number of carbonyl (C=O) groups excluding carboxylic acids is 2. The number of amides is 2. The van der Waals surface area contributed by atoms with E-state index in [1.807, 2.05) is 0 Å². The topological polar surface area (TPSA) is 58.6 Å². The lowest BCUT2D eigenvalue weighted by Gasteiger charge is -2.38. The summed E-state index contributed by atoms with van der Waals surface area (Å²) in [4.78, 5) is 24.6. The molecule has 1 aliphatic heterocycles. The van der Waals surface area contributed by atoms with E-state index in [-0.39, 0.29) is 0 Å². The molecule has 23 heavy (non-hydrogen) atoms. The number of nitrogens with one attached hydrogen (secondary N) is 1. The molecular weight excluding hydrogens is 327 g/mol. The van der Waals surface area contributed by atoms with E-state index in [2.05, 4.69) is 0 Å². The van der Waals surface area contributed by atoms with Crippen LogP contribution in [0.3, 0.4) is 0 Å². The third kappa shape index (κ3) is 6.57. The Hall–Kier alpha value is -1.61. The summed E-state index contributed by atoms with van der Waals surface area (Å²) in [5.74, 6) is -4.52. The molecule has 1 N–H and O–H groups in total. The maximum Gasteiger partial charge on any atom is 0.410 e. The van der Waals surface area contributed by atoms with Crippen molar-refractivity contribution in [1.82, 2.24) is 10.2 Å². The van der Waals surface area contributed by atoms with Crippen LogP contribution in [0.1, 0.15) is 33.6 Å². The minimum atomic E-state index is -4.68. The van der Waals surface area contributed by atoms with Crippen LogP contribution in [-0.4, -0.2) is 53.7 Å². The number of rotatable bonds is 2. The molecule has 1 rings (SSSR count). The van der Waals surface area contributed by atoms with E-state index in [0.717, 1.165) is 4.90 Å². The Balaban J connectivity index is 2.86. The van der Waals surface area contributed by atoms with E-state index in [0.29, 0.717) is 0 Å². The molecule has 10 heteroatoms. The second-order valence-corrected chi connectivity index (χ2v) is 6.33. The van der Waals surface area contributed by atoms with Crippen molar-refractivity contribution in [3.05, 3.63) is 0 Å². The van der Waals surface area contributed by atoms with Gasteiger partial charge in [-0.15, -0.1) is 0 Å². The molecule has 134 valence electrons. The van der Waals surface area contributed by atoms with E-state index in [9.17, 15) is 31.5 Å². The highest BCUT2D eigenvalue weighted by Gasteiger charge is 2.46. The van der Waals surface area contributed by atoms with Gasteiger partial charge >= 0.3 is 12.3 Å². The van der Waals surface area contributed by atoms with E-state index < -0.39 is 61.7 Å². The van der Waals surface area contributed by atoms with Crippen molar-refractivity contribution in [2.24, 2.45) is 0 Å². The molecule has 1 atom stereocenters. The van der Waals surface area contributed by atoms with Gasteiger partial charge in [0.15, 0.2) is 0 Å². The molecule has 0 saturated carbocycles. The average Bonchev–Trinajstić information content (AvgIpc) is 2.31. The zero-order valence-electron chi connectivity index (χ0n) is 13.0. The molecule has 1 fully saturated rings. The number of likely N-dealkylation sites (tertiary alicyclic amines) is 1. The first-order valence-electron chi connectivity index (χ1n) is 6.92. The standard InChI is InChI=1S/C13H19F5N2O3/c1-11(2,3)23-10(22)20-5-4-12(14,15)6-8(20)9(21)19-7-13(16,17)18/h8H,4-7H2,1-3H3,(H,19,21). The first-order chi connectivity index (χ1) is 10.2. The Bertz CT molecular complexity index is 460. The molecule has 0 radical (unpaired) electrons. The van der Waals surface area contributed by atoms with Crippen LogP contribution < -0.4 is 5.32 Å². The van der Waals surface area contributed by atoms with Gasteiger partial charge in [0.05, 0.1) is 0 Å². The Morgan fingerprint density at radius 3 is 2.30 bits per heavy atom. The van der Waals surface area contributed by atoms with Gasteiger partial charge in [0.25, 0.3) is 5.92 Å². The predicted molar refractivity (Wildman–Crippen MR) is 70.0 cm³/mol. The zero-order valence-corrected chi connectivity index (χ0v) is 13.0. The summed E-state index contributed by atoms with van der Waals surface area (Å²) in [5, 5.41) is 1.53. The molecule has 0 aromatic rings. The van der Waals surface area contributed by atoms with Gasteiger partial charge < -0.3 is 10.1 Å². The second kappa shape index (κ2) is 6.48. The van der Waals surface area contributed by atoms with Gasteiger partial charge in [-0.2, -0.15) is 13.2 Å². The maximum atomic E-state index is 13.5. The third-order valence-corrected chi connectivity index (χ3v) is 2.98. The van der Waals surface area contributed by atoms with Crippen LogP contribution in [0.2, 0.25) is 0 Å². The summed E-state index contributed by atoms with van der Waals surface area (Å²) in [7, 11) is 0. The molecule has 0 aliphatic carbocycles. The summed E-state index contributed by atoms with van der Waals surface area (Å²) in [6.07, 6.45) is -7.42. The fourth-order valence-electron chi connectivity index (χ4n) is 2.01. The van der Waals surface area contributed by atoms with Gasteiger partial charge in [-0.05, 0) is 20.8 Å². The van der Waals surface area contributed by atoms with Crippen LogP contribution in [0, 0.1) is 0 Å². The van der Waals surface area contributed by atoms with Crippen molar-refractivity contribution >= 4 is 12.0 Å². The van der Waals surface area contributed by atoms with Crippen LogP contribution in [0.5, 0.6) is 0 Å². The number of hydrogen-bond acceptors (Lipinski definition) is 3. The number of alkyl halides is 5. The van der Waals surface area contributed by atoms with Crippen molar-refractivity contribution in [3.8, 4) is 0 Å². The SMILES string of the molecule is CC(C)(C)OC(=O)N1CCC(F)(F)CC1C(=O)NCC(F)(F)F. The van der Waals surface area contributed by atoms with Crippen molar-refractivity contribution in [1.29, 1.82) is 0 Å². The second-order valence-electron chi connectivity index (χ2n) is 6.33. The predicted octanol–water partition coefficient (Wildman–Crippen LogP) is 2.70. The van der Waals surface area contributed by atoms with Gasteiger partial charge in [-0.1, -0.05) is 0 Å². The Morgan fingerprint density at radius 1 is 1.26 bits per heavy atom. The summed E-state index contributed by atoms with van der Waals surface area (Å²) in [6.45, 7) is 2.49. The van der Waals surface area contributed by atoms with Crippen molar-refractivity contribution in [2.45, 2.75) is 57.4 Å². The van der Waals surface area contributed by atoms with Gasteiger partial charge in [-0.25, -0.2) is 13.6 Å².